The van der Waals surface area contributed by atoms with Gasteiger partial charge in [0.25, 0.3) is 0 Å². The van der Waals surface area contributed by atoms with E-state index in [2.05, 4.69) is 106 Å². The molecule has 0 aliphatic heterocycles. The Kier molecular flexibility index (Phi) is 7.60. The molecule has 0 N–H and O–H groups in total. The lowest BCUT2D eigenvalue weighted by Gasteiger charge is -2.17. The van der Waals surface area contributed by atoms with Gasteiger partial charge in [0.2, 0.25) is 0 Å². The first-order valence-corrected chi connectivity index (χ1v) is 19.0. The van der Waals surface area contributed by atoms with Gasteiger partial charge in [-0.05, 0) is 54.1 Å². The number of para-hydroxylation sites is 3. The molecule has 0 atom stereocenters. The van der Waals surface area contributed by atoms with Crippen LogP contribution in [0.3, 0.4) is 0 Å². The van der Waals surface area contributed by atoms with Crippen LogP contribution in [0.1, 0.15) is 0 Å². The molecule has 0 aliphatic rings. The van der Waals surface area contributed by atoms with Crippen molar-refractivity contribution in [1.29, 1.82) is 0 Å². The van der Waals surface area contributed by atoms with Crippen molar-refractivity contribution in [2.45, 2.75) is 0 Å². The number of hydrogen-bond donors (Lipinski definition) is 0. The predicted molar refractivity (Wildman–Crippen MR) is 230 cm³/mol. The largest absolute Gasteiger partial charge is 0.309 e. The summed E-state index contributed by atoms with van der Waals surface area (Å²) >= 11 is 0. The standard InChI is InChI=1S/C51H32FN5/c52-43-23-11-7-19-37(43)35-27-29-42(51-54-49(33-15-3-1-4-16-33)53-50(55-51)34-17-5-2-6-18-34)47(31-35)57-46-26-14-10-22-40(46)41-30-28-36(32-48(41)57)56-44-24-12-8-20-38(44)39-21-9-13-25-45(39)56/h1-32H. The lowest BCUT2D eigenvalue weighted by atomic mass is 10.0. The van der Waals surface area contributed by atoms with Gasteiger partial charge in [0.1, 0.15) is 5.82 Å². The zero-order chi connectivity index (χ0) is 37.9. The summed E-state index contributed by atoms with van der Waals surface area (Å²) in [6.45, 7) is 0. The Labute approximate surface area is 327 Å². The molecule has 6 heteroatoms. The number of benzene rings is 8. The number of fused-ring (bicyclic) bond motifs is 6. The molecule has 0 saturated heterocycles. The van der Waals surface area contributed by atoms with E-state index < -0.39 is 0 Å². The zero-order valence-corrected chi connectivity index (χ0v) is 30.6. The van der Waals surface area contributed by atoms with Crippen LogP contribution in [-0.4, -0.2) is 24.1 Å². The van der Waals surface area contributed by atoms with E-state index in [-0.39, 0.29) is 5.82 Å². The highest BCUT2D eigenvalue weighted by atomic mass is 19.1. The van der Waals surface area contributed by atoms with E-state index in [4.69, 9.17) is 15.0 Å². The van der Waals surface area contributed by atoms with Crippen molar-refractivity contribution in [2.75, 3.05) is 0 Å². The monoisotopic (exact) mass is 733 g/mol. The average Bonchev–Trinajstić information content (AvgIpc) is 3.79. The molecule has 0 amide bonds. The highest BCUT2D eigenvalue weighted by Gasteiger charge is 2.22. The van der Waals surface area contributed by atoms with Gasteiger partial charge in [0, 0.05) is 49.5 Å². The summed E-state index contributed by atoms with van der Waals surface area (Å²) < 4.78 is 20.2. The first-order valence-electron chi connectivity index (χ1n) is 19.0. The van der Waals surface area contributed by atoms with Crippen molar-refractivity contribution in [2.24, 2.45) is 0 Å². The number of rotatable bonds is 6. The van der Waals surface area contributed by atoms with Crippen LogP contribution in [0.25, 0.3) is 100 Å². The van der Waals surface area contributed by atoms with Gasteiger partial charge < -0.3 is 9.13 Å². The summed E-state index contributed by atoms with van der Waals surface area (Å²) in [5, 5.41) is 4.61. The van der Waals surface area contributed by atoms with Crippen LogP contribution in [0.5, 0.6) is 0 Å². The van der Waals surface area contributed by atoms with E-state index in [1.165, 1.54) is 16.8 Å². The third-order valence-electron chi connectivity index (χ3n) is 10.9. The molecule has 0 saturated carbocycles. The SMILES string of the molecule is Fc1ccccc1-c1ccc(-c2nc(-c3ccccc3)nc(-c3ccccc3)n2)c(-n2c3ccccc3c3ccc(-n4c5ccccc5c5ccccc54)cc32)c1. The fourth-order valence-corrected chi connectivity index (χ4v) is 8.26. The van der Waals surface area contributed by atoms with Crippen LogP contribution in [-0.2, 0) is 0 Å². The maximum Gasteiger partial charge on any atom is 0.166 e. The smallest absolute Gasteiger partial charge is 0.166 e. The van der Waals surface area contributed by atoms with Gasteiger partial charge in [-0.3, -0.25) is 0 Å². The van der Waals surface area contributed by atoms with Crippen molar-refractivity contribution in [3.05, 3.63) is 200 Å². The Morgan fingerprint density at radius 2 is 0.825 bits per heavy atom. The number of hydrogen-bond acceptors (Lipinski definition) is 3. The molecule has 268 valence electrons. The van der Waals surface area contributed by atoms with Crippen LogP contribution in [0.15, 0.2) is 194 Å². The Morgan fingerprint density at radius 1 is 0.333 bits per heavy atom. The van der Waals surface area contributed by atoms with Gasteiger partial charge in [0.05, 0.1) is 27.8 Å². The molecule has 0 aliphatic carbocycles. The minimum Gasteiger partial charge on any atom is -0.309 e. The molecule has 3 aromatic heterocycles. The van der Waals surface area contributed by atoms with Crippen LogP contribution in [0.2, 0.25) is 0 Å². The summed E-state index contributed by atoms with van der Waals surface area (Å²) in [4.78, 5) is 15.3. The van der Waals surface area contributed by atoms with Crippen LogP contribution in [0.4, 0.5) is 4.39 Å². The number of nitrogens with zero attached hydrogens (tertiary/aromatic N) is 5. The number of halogens is 1. The molecule has 8 aromatic carbocycles. The third kappa shape index (κ3) is 5.41. The molecule has 0 fully saturated rings. The summed E-state index contributed by atoms with van der Waals surface area (Å²) in [6, 6.07) is 65.2. The highest BCUT2D eigenvalue weighted by molar-refractivity contribution is 6.12. The second kappa shape index (κ2) is 13.3. The van der Waals surface area contributed by atoms with E-state index in [9.17, 15) is 0 Å². The van der Waals surface area contributed by atoms with E-state index in [0.29, 0.717) is 23.0 Å². The van der Waals surface area contributed by atoms with Gasteiger partial charge in [0.15, 0.2) is 17.5 Å². The fraction of sp³-hybridized carbons (Fsp3) is 0. The molecule has 0 radical (unpaired) electrons. The van der Waals surface area contributed by atoms with Crippen LogP contribution >= 0.6 is 0 Å². The average molecular weight is 734 g/mol. The number of aromatic nitrogens is 5. The molecule has 11 aromatic rings. The second-order valence-corrected chi connectivity index (χ2v) is 14.2. The summed E-state index contributed by atoms with van der Waals surface area (Å²) in [5.74, 6) is 1.37. The first kappa shape index (κ1) is 32.7. The molecule has 0 bridgehead atoms. The first-order chi connectivity index (χ1) is 28.2. The Hall–Kier alpha value is -7.70. The second-order valence-electron chi connectivity index (χ2n) is 14.2. The normalized spacial score (nSPS) is 11.6. The van der Waals surface area contributed by atoms with Crippen molar-refractivity contribution in [3.63, 3.8) is 0 Å². The zero-order valence-electron chi connectivity index (χ0n) is 30.6. The lowest BCUT2D eigenvalue weighted by molar-refractivity contribution is 0.631. The Bertz CT molecular complexity index is 3200. The highest BCUT2D eigenvalue weighted by Crippen LogP contribution is 2.40. The molecular formula is C51H32FN5. The maximum atomic E-state index is 15.6. The van der Waals surface area contributed by atoms with E-state index in [1.54, 1.807) is 6.07 Å². The van der Waals surface area contributed by atoms with E-state index in [1.807, 2.05) is 84.9 Å². The van der Waals surface area contributed by atoms with Gasteiger partial charge in [-0.2, -0.15) is 0 Å². The van der Waals surface area contributed by atoms with Gasteiger partial charge in [-0.1, -0.05) is 146 Å². The third-order valence-corrected chi connectivity index (χ3v) is 10.9. The quantitative estimate of drug-likeness (QED) is 0.171. The van der Waals surface area contributed by atoms with E-state index >= 15 is 4.39 Å². The Morgan fingerprint density at radius 3 is 1.42 bits per heavy atom. The van der Waals surface area contributed by atoms with Crippen molar-refractivity contribution in [1.82, 2.24) is 24.1 Å². The molecule has 5 nitrogen and oxygen atoms in total. The lowest BCUT2D eigenvalue weighted by Crippen LogP contribution is -2.04. The molecule has 57 heavy (non-hydrogen) atoms. The summed E-state index contributed by atoms with van der Waals surface area (Å²) in [7, 11) is 0. The summed E-state index contributed by atoms with van der Waals surface area (Å²) in [5.41, 5.74) is 9.97. The van der Waals surface area contributed by atoms with Crippen LogP contribution in [0, 0.1) is 5.82 Å². The topological polar surface area (TPSA) is 48.5 Å². The molecule has 3 heterocycles. The van der Waals surface area contributed by atoms with Crippen LogP contribution < -0.4 is 0 Å². The van der Waals surface area contributed by atoms with Gasteiger partial charge in [-0.25, -0.2) is 19.3 Å². The van der Waals surface area contributed by atoms with Crippen molar-refractivity contribution >= 4 is 43.6 Å². The van der Waals surface area contributed by atoms with Gasteiger partial charge in [-0.15, -0.1) is 0 Å². The molecular weight excluding hydrogens is 702 g/mol. The Balaban J connectivity index is 1.23. The fourth-order valence-electron chi connectivity index (χ4n) is 8.26. The van der Waals surface area contributed by atoms with Crippen molar-refractivity contribution in [3.8, 4) is 56.7 Å². The molecule has 0 spiro atoms. The molecule has 11 rings (SSSR count). The van der Waals surface area contributed by atoms with E-state index in [0.717, 1.165) is 66.5 Å². The van der Waals surface area contributed by atoms with Gasteiger partial charge >= 0.3 is 0 Å². The summed E-state index contributed by atoms with van der Waals surface area (Å²) in [6.07, 6.45) is 0. The molecule has 0 unspecified atom stereocenters. The predicted octanol–water partition coefficient (Wildman–Crippen LogP) is 12.9. The maximum absolute atomic E-state index is 15.6. The minimum atomic E-state index is -0.287. The van der Waals surface area contributed by atoms with Crippen molar-refractivity contribution < 1.29 is 4.39 Å². The minimum absolute atomic E-state index is 0.287.